The van der Waals surface area contributed by atoms with Crippen LogP contribution in [0.5, 0.6) is 0 Å². The lowest BCUT2D eigenvalue weighted by Crippen LogP contribution is -2.05. The molecule has 102 valence electrons. The summed E-state index contributed by atoms with van der Waals surface area (Å²) in [7, 11) is 0. The molecule has 3 aromatic rings. The van der Waals surface area contributed by atoms with E-state index in [-0.39, 0.29) is 0 Å². The van der Waals surface area contributed by atoms with Crippen molar-refractivity contribution in [3.8, 4) is 0 Å². The Morgan fingerprint density at radius 1 is 1.15 bits per heavy atom. The average molecular weight is 286 g/mol. The van der Waals surface area contributed by atoms with E-state index in [2.05, 4.69) is 28.6 Å². The minimum absolute atomic E-state index is 0.572. The highest BCUT2D eigenvalue weighted by Crippen LogP contribution is 2.21. The number of para-hydroxylation sites is 1. The van der Waals surface area contributed by atoms with E-state index in [1.54, 1.807) is 0 Å². The van der Waals surface area contributed by atoms with E-state index in [4.69, 9.17) is 17.3 Å². The molecule has 1 aromatic heterocycles. The quantitative estimate of drug-likeness (QED) is 0.795. The molecule has 0 saturated carbocycles. The number of hydrogen-bond donors (Lipinski definition) is 1. The van der Waals surface area contributed by atoms with Gasteiger partial charge in [0.2, 0.25) is 5.95 Å². The molecular formula is C16H16ClN3. The Bertz CT molecular complexity index is 744. The predicted octanol–water partition coefficient (Wildman–Crippen LogP) is 3.82. The van der Waals surface area contributed by atoms with Gasteiger partial charge in [0.15, 0.2) is 0 Å². The van der Waals surface area contributed by atoms with Gasteiger partial charge in [-0.1, -0.05) is 35.9 Å². The average Bonchev–Trinajstić information content (AvgIpc) is 2.76. The normalized spacial score (nSPS) is 11.1. The number of anilines is 1. The van der Waals surface area contributed by atoms with Gasteiger partial charge in [0, 0.05) is 11.6 Å². The maximum absolute atomic E-state index is 6.04. The number of nitrogens with zero attached hydrogens (tertiary/aromatic N) is 2. The molecule has 2 aromatic carbocycles. The maximum Gasteiger partial charge on any atom is 0.201 e. The molecule has 0 saturated heterocycles. The molecule has 0 aliphatic carbocycles. The van der Waals surface area contributed by atoms with E-state index in [1.165, 1.54) is 5.56 Å². The first-order valence-corrected chi connectivity index (χ1v) is 6.99. The molecule has 0 spiro atoms. The number of benzene rings is 2. The van der Waals surface area contributed by atoms with Crippen LogP contribution in [0.4, 0.5) is 5.95 Å². The standard InChI is InChI=1S/C16H16ClN3/c1-11-3-2-4-14-15(11)19-16(18)20(14)10-9-12-5-7-13(17)8-6-12/h2-8H,9-10H2,1H3,(H2,18,19). The minimum atomic E-state index is 0.572. The third-order valence-corrected chi connectivity index (χ3v) is 3.80. The Morgan fingerprint density at radius 3 is 2.65 bits per heavy atom. The van der Waals surface area contributed by atoms with E-state index in [1.807, 2.05) is 30.3 Å². The van der Waals surface area contributed by atoms with Gasteiger partial charge in [0.05, 0.1) is 11.0 Å². The summed E-state index contributed by atoms with van der Waals surface area (Å²) in [5.41, 5.74) is 10.5. The lowest BCUT2D eigenvalue weighted by atomic mass is 10.1. The molecule has 0 radical (unpaired) electrons. The van der Waals surface area contributed by atoms with Gasteiger partial charge in [-0.15, -0.1) is 0 Å². The van der Waals surface area contributed by atoms with Crippen molar-refractivity contribution in [1.29, 1.82) is 0 Å². The van der Waals surface area contributed by atoms with Crippen LogP contribution < -0.4 is 5.73 Å². The molecule has 20 heavy (non-hydrogen) atoms. The van der Waals surface area contributed by atoms with Crippen molar-refractivity contribution >= 4 is 28.6 Å². The maximum atomic E-state index is 6.04. The van der Waals surface area contributed by atoms with Crippen LogP contribution in [-0.4, -0.2) is 9.55 Å². The number of fused-ring (bicyclic) bond motifs is 1. The number of imidazole rings is 1. The molecule has 0 amide bonds. The SMILES string of the molecule is Cc1cccc2c1nc(N)n2CCc1ccc(Cl)cc1. The third kappa shape index (κ3) is 2.37. The Labute approximate surface area is 123 Å². The molecule has 1 heterocycles. The largest absolute Gasteiger partial charge is 0.369 e. The second-order valence-corrected chi connectivity index (χ2v) is 5.38. The highest BCUT2D eigenvalue weighted by molar-refractivity contribution is 6.30. The molecule has 4 heteroatoms. The minimum Gasteiger partial charge on any atom is -0.369 e. The summed E-state index contributed by atoms with van der Waals surface area (Å²) >= 11 is 5.90. The molecule has 0 aliphatic heterocycles. The van der Waals surface area contributed by atoms with Crippen molar-refractivity contribution in [2.75, 3.05) is 5.73 Å². The van der Waals surface area contributed by atoms with Crippen molar-refractivity contribution in [2.45, 2.75) is 19.9 Å². The van der Waals surface area contributed by atoms with E-state index < -0.39 is 0 Å². The summed E-state index contributed by atoms with van der Waals surface area (Å²) < 4.78 is 2.07. The van der Waals surface area contributed by atoms with Gasteiger partial charge in [0.1, 0.15) is 0 Å². The van der Waals surface area contributed by atoms with Gasteiger partial charge < -0.3 is 10.3 Å². The lowest BCUT2D eigenvalue weighted by Gasteiger charge is -2.07. The Hall–Kier alpha value is -2.00. The highest BCUT2D eigenvalue weighted by atomic mass is 35.5. The van der Waals surface area contributed by atoms with E-state index in [9.17, 15) is 0 Å². The monoisotopic (exact) mass is 285 g/mol. The second-order valence-electron chi connectivity index (χ2n) is 4.94. The van der Waals surface area contributed by atoms with Crippen LogP contribution in [-0.2, 0) is 13.0 Å². The van der Waals surface area contributed by atoms with Crippen LogP contribution in [0.15, 0.2) is 42.5 Å². The van der Waals surface area contributed by atoms with Gasteiger partial charge in [-0.2, -0.15) is 0 Å². The zero-order chi connectivity index (χ0) is 14.1. The Morgan fingerprint density at radius 2 is 1.90 bits per heavy atom. The second kappa shape index (κ2) is 5.17. The van der Waals surface area contributed by atoms with Crippen LogP contribution in [0.3, 0.4) is 0 Å². The molecular weight excluding hydrogens is 270 g/mol. The molecule has 3 nitrogen and oxygen atoms in total. The Balaban J connectivity index is 1.89. The van der Waals surface area contributed by atoms with Crippen LogP contribution in [0.2, 0.25) is 5.02 Å². The van der Waals surface area contributed by atoms with E-state index in [0.29, 0.717) is 5.95 Å². The summed E-state index contributed by atoms with van der Waals surface area (Å²) in [6.45, 7) is 2.87. The molecule has 0 unspecified atom stereocenters. The van der Waals surface area contributed by atoms with Gasteiger partial charge in [0.25, 0.3) is 0 Å². The van der Waals surface area contributed by atoms with Crippen LogP contribution >= 0.6 is 11.6 Å². The first-order chi connectivity index (χ1) is 9.65. The molecule has 0 bridgehead atoms. The summed E-state index contributed by atoms with van der Waals surface area (Å²) in [5, 5.41) is 0.761. The van der Waals surface area contributed by atoms with Gasteiger partial charge in [-0.25, -0.2) is 4.98 Å². The van der Waals surface area contributed by atoms with E-state index >= 15 is 0 Å². The number of nitrogens with two attached hydrogens (primary N) is 1. The molecule has 2 N–H and O–H groups in total. The van der Waals surface area contributed by atoms with Gasteiger partial charge in [-0.05, 0) is 42.7 Å². The van der Waals surface area contributed by atoms with Crippen molar-refractivity contribution in [3.63, 3.8) is 0 Å². The molecule has 0 aliphatic rings. The fourth-order valence-electron chi connectivity index (χ4n) is 2.43. The predicted molar refractivity (Wildman–Crippen MR) is 84.0 cm³/mol. The molecule has 0 fully saturated rings. The van der Waals surface area contributed by atoms with Crippen LogP contribution in [0.25, 0.3) is 11.0 Å². The molecule has 0 atom stereocenters. The molecule has 3 rings (SSSR count). The fourth-order valence-corrected chi connectivity index (χ4v) is 2.56. The van der Waals surface area contributed by atoms with Crippen molar-refractivity contribution in [3.05, 3.63) is 58.6 Å². The summed E-state index contributed by atoms with van der Waals surface area (Å²) in [4.78, 5) is 4.46. The topological polar surface area (TPSA) is 43.8 Å². The van der Waals surface area contributed by atoms with Gasteiger partial charge in [-0.3, -0.25) is 0 Å². The fraction of sp³-hybridized carbons (Fsp3) is 0.188. The summed E-state index contributed by atoms with van der Waals surface area (Å²) in [6, 6.07) is 14.1. The zero-order valence-electron chi connectivity index (χ0n) is 11.3. The zero-order valence-corrected chi connectivity index (χ0v) is 12.1. The van der Waals surface area contributed by atoms with Crippen molar-refractivity contribution in [1.82, 2.24) is 9.55 Å². The van der Waals surface area contributed by atoms with Crippen molar-refractivity contribution in [2.24, 2.45) is 0 Å². The lowest BCUT2D eigenvalue weighted by molar-refractivity contribution is 0.726. The number of aromatic nitrogens is 2. The van der Waals surface area contributed by atoms with Crippen LogP contribution in [0.1, 0.15) is 11.1 Å². The summed E-state index contributed by atoms with van der Waals surface area (Å²) in [6.07, 6.45) is 0.904. The number of halogens is 1. The van der Waals surface area contributed by atoms with Gasteiger partial charge >= 0.3 is 0 Å². The Kier molecular flexibility index (Phi) is 3.36. The number of nitrogen functional groups attached to an aromatic ring is 1. The van der Waals surface area contributed by atoms with Crippen LogP contribution in [0, 0.1) is 6.92 Å². The van der Waals surface area contributed by atoms with Crippen molar-refractivity contribution < 1.29 is 0 Å². The number of aryl methyl sites for hydroxylation is 3. The highest BCUT2D eigenvalue weighted by Gasteiger charge is 2.09. The smallest absolute Gasteiger partial charge is 0.201 e. The third-order valence-electron chi connectivity index (χ3n) is 3.55. The number of hydrogen-bond acceptors (Lipinski definition) is 2. The first-order valence-electron chi connectivity index (χ1n) is 6.61. The first kappa shape index (κ1) is 13.0. The number of rotatable bonds is 3. The van der Waals surface area contributed by atoms with E-state index in [0.717, 1.165) is 34.6 Å². The summed E-state index contributed by atoms with van der Waals surface area (Å²) in [5.74, 6) is 0.572.